The molecule has 0 spiro atoms. The van der Waals surface area contributed by atoms with E-state index >= 15 is 0 Å². The lowest BCUT2D eigenvalue weighted by molar-refractivity contribution is -0.212. The smallest absolute Gasteiger partial charge is 0.119 e. The second-order valence-electron chi connectivity index (χ2n) is 6.85. The van der Waals surface area contributed by atoms with E-state index in [1.165, 1.54) is 0 Å². The third kappa shape index (κ3) is 6.17. The van der Waals surface area contributed by atoms with Gasteiger partial charge in [0.15, 0.2) is 0 Å². The Morgan fingerprint density at radius 3 is 1.64 bits per heavy atom. The minimum atomic E-state index is -1.38. The van der Waals surface area contributed by atoms with Gasteiger partial charge in [-0.05, 0) is 25.7 Å². The van der Waals surface area contributed by atoms with E-state index in [2.05, 4.69) is 13.8 Å². The summed E-state index contributed by atoms with van der Waals surface area (Å²) in [5.41, 5.74) is -2.56. The van der Waals surface area contributed by atoms with Crippen LogP contribution in [0.3, 0.4) is 0 Å². The van der Waals surface area contributed by atoms with Crippen LogP contribution in [-0.2, 0) is 0 Å². The Morgan fingerprint density at radius 2 is 1.23 bits per heavy atom. The molecule has 0 aromatic heterocycles. The molecule has 134 valence electrons. The van der Waals surface area contributed by atoms with Gasteiger partial charge in [-0.2, -0.15) is 0 Å². The van der Waals surface area contributed by atoms with Crippen LogP contribution in [0.5, 0.6) is 0 Å². The highest BCUT2D eigenvalue weighted by atomic mass is 16.4. The quantitative estimate of drug-likeness (QED) is 0.411. The summed E-state index contributed by atoms with van der Waals surface area (Å²) >= 11 is 0. The summed E-state index contributed by atoms with van der Waals surface area (Å²) in [6.07, 6.45) is 9.65. The van der Waals surface area contributed by atoms with Crippen molar-refractivity contribution in [2.24, 2.45) is 0 Å². The van der Waals surface area contributed by atoms with E-state index in [0.717, 1.165) is 51.4 Å². The second kappa shape index (κ2) is 11.4. The molecule has 22 heavy (non-hydrogen) atoms. The monoisotopic (exact) mass is 316 g/mol. The fourth-order valence-electron chi connectivity index (χ4n) is 3.41. The Labute approximate surface area is 138 Å². The van der Waals surface area contributed by atoms with Crippen LogP contribution in [-0.4, -0.2) is 32.6 Å². The Bertz CT molecular complexity index is 269. The molecule has 0 saturated carbocycles. The molecule has 3 atom stereocenters. The lowest BCUT2D eigenvalue weighted by Crippen LogP contribution is -2.60. The fraction of sp³-hybridized carbons (Fsp3) is 1.00. The van der Waals surface area contributed by atoms with Crippen molar-refractivity contribution in [3.63, 3.8) is 0 Å². The molecule has 0 fully saturated rings. The first-order chi connectivity index (χ1) is 10.4. The van der Waals surface area contributed by atoms with Crippen molar-refractivity contribution in [2.45, 2.75) is 122 Å². The van der Waals surface area contributed by atoms with Crippen LogP contribution in [0.2, 0.25) is 0 Å². The molecule has 0 rings (SSSR count). The Balaban J connectivity index is 4.90. The molecule has 0 aliphatic carbocycles. The first kappa shape index (κ1) is 21.9. The predicted molar refractivity (Wildman–Crippen MR) is 94.0 cm³/mol. The molecule has 3 nitrogen and oxygen atoms in total. The van der Waals surface area contributed by atoms with Crippen LogP contribution in [0.15, 0.2) is 0 Å². The number of hydrogen-bond acceptors (Lipinski definition) is 3. The van der Waals surface area contributed by atoms with E-state index in [4.69, 9.17) is 0 Å². The van der Waals surface area contributed by atoms with E-state index in [1.54, 1.807) is 0 Å². The van der Waals surface area contributed by atoms with Gasteiger partial charge in [-0.25, -0.2) is 0 Å². The van der Waals surface area contributed by atoms with Gasteiger partial charge >= 0.3 is 0 Å². The van der Waals surface area contributed by atoms with E-state index in [0.29, 0.717) is 25.7 Å². The average Bonchev–Trinajstić information content (AvgIpc) is 2.54. The molecule has 0 bridgehead atoms. The topological polar surface area (TPSA) is 60.7 Å². The van der Waals surface area contributed by atoms with E-state index in [-0.39, 0.29) is 0 Å². The van der Waals surface area contributed by atoms with Crippen molar-refractivity contribution < 1.29 is 15.3 Å². The van der Waals surface area contributed by atoms with Crippen LogP contribution in [0.4, 0.5) is 0 Å². The first-order valence-corrected chi connectivity index (χ1v) is 9.54. The van der Waals surface area contributed by atoms with Gasteiger partial charge in [0.25, 0.3) is 0 Å². The Morgan fingerprint density at radius 1 is 0.727 bits per heavy atom. The van der Waals surface area contributed by atoms with Gasteiger partial charge in [-0.3, -0.25) is 0 Å². The van der Waals surface area contributed by atoms with Gasteiger partial charge in [0, 0.05) is 0 Å². The summed E-state index contributed by atoms with van der Waals surface area (Å²) in [7, 11) is 0. The molecule has 0 radical (unpaired) electrons. The highest BCUT2D eigenvalue weighted by Crippen LogP contribution is 2.39. The second-order valence-corrected chi connectivity index (χ2v) is 6.85. The van der Waals surface area contributed by atoms with Crippen LogP contribution >= 0.6 is 0 Å². The first-order valence-electron chi connectivity index (χ1n) is 9.54. The summed E-state index contributed by atoms with van der Waals surface area (Å²) in [6.45, 7) is 8.11. The zero-order chi connectivity index (χ0) is 17.1. The van der Waals surface area contributed by atoms with Crippen molar-refractivity contribution in [1.82, 2.24) is 0 Å². The normalized spacial score (nSPS) is 18.7. The molecular weight excluding hydrogens is 276 g/mol. The molecule has 0 amide bonds. The summed E-state index contributed by atoms with van der Waals surface area (Å²) in [5, 5.41) is 32.6. The maximum atomic E-state index is 11.2. The van der Waals surface area contributed by atoms with Crippen LogP contribution in [0.25, 0.3) is 0 Å². The predicted octanol–water partition coefficient (Wildman–Crippen LogP) is 4.57. The molecule has 3 N–H and O–H groups in total. The standard InChI is InChI=1S/C19H40O3/c1-5-9-11-13-15-18(21,8-4)19(22,17(20)7-3)16-14-12-10-6-2/h17,20-22H,5-16H2,1-4H3. The molecule has 0 aliphatic rings. The van der Waals surface area contributed by atoms with Crippen molar-refractivity contribution in [3.05, 3.63) is 0 Å². The van der Waals surface area contributed by atoms with Crippen molar-refractivity contribution >= 4 is 0 Å². The van der Waals surface area contributed by atoms with Crippen molar-refractivity contribution in [3.8, 4) is 0 Å². The summed E-state index contributed by atoms with van der Waals surface area (Å²) in [4.78, 5) is 0. The Hall–Kier alpha value is -0.120. The lowest BCUT2D eigenvalue weighted by Gasteiger charge is -2.46. The van der Waals surface area contributed by atoms with Gasteiger partial charge in [-0.1, -0.05) is 79.1 Å². The summed E-state index contributed by atoms with van der Waals surface area (Å²) in [6, 6.07) is 0. The van der Waals surface area contributed by atoms with Crippen LogP contribution in [0, 0.1) is 0 Å². The number of aliphatic hydroxyl groups excluding tert-OH is 1. The van der Waals surface area contributed by atoms with Gasteiger partial charge in [0.05, 0.1) is 11.7 Å². The molecule has 3 unspecified atom stereocenters. The number of aliphatic hydroxyl groups is 3. The van der Waals surface area contributed by atoms with Crippen molar-refractivity contribution in [1.29, 1.82) is 0 Å². The zero-order valence-corrected chi connectivity index (χ0v) is 15.4. The minimum Gasteiger partial charge on any atom is -0.390 e. The van der Waals surface area contributed by atoms with Crippen LogP contribution < -0.4 is 0 Å². The third-order valence-corrected chi connectivity index (χ3v) is 5.18. The van der Waals surface area contributed by atoms with Gasteiger partial charge in [0.2, 0.25) is 0 Å². The molecule has 3 heteroatoms. The average molecular weight is 317 g/mol. The van der Waals surface area contributed by atoms with Gasteiger partial charge in [-0.15, -0.1) is 0 Å². The van der Waals surface area contributed by atoms with E-state index in [9.17, 15) is 15.3 Å². The van der Waals surface area contributed by atoms with Crippen LogP contribution in [0.1, 0.15) is 105 Å². The number of hydrogen-bond donors (Lipinski definition) is 3. The van der Waals surface area contributed by atoms with Gasteiger partial charge < -0.3 is 15.3 Å². The molecule has 0 aliphatic heterocycles. The molecule has 0 aromatic rings. The van der Waals surface area contributed by atoms with Crippen molar-refractivity contribution in [2.75, 3.05) is 0 Å². The van der Waals surface area contributed by atoms with Gasteiger partial charge in [0.1, 0.15) is 5.60 Å². The molecular formula is C19H40O3. The Kier molecular flexibility index (Phi) is 11.4. The maximum Gasteiger partial charge on any atom is 0.119 e. The zero-order valence-electron chi connectivity index (χ0n) is 15.4. The molecule has 0 saturated heterocycles. The highest BCUT2D eigenvalue weighted by Gasteiger charge is 2.51. The number of rotatable bonds is 14. The minimum absolute atomic E-state index is 0.474. The van der Waals surface area contributed by atoms with E-state index in [1.807, 2.05) is 13.8 Å². The fourth-order valence-corrected chi connectivity index (χ4v) is 3.41. The highest BCUT2D eigenvalue weighted by molar-refractivity contribution is 5.03. The SMILES string of the molecule is CCCCCCC(O)(CC)C(O)(CCCCCC)C(O)CC. The number of unbranched alkanes of at least 4 members (excludes halogenated alkanes) is 6. The molecule has 0 aromatic carbocycles. The maximum absolute atomic E-state index is 11.2. The lowest BCUT2D eigenvalue weighted by atomic mass is 9.70. The molecule has 0 heterocycles. The van der Waals surface area contributed by atoms with E-state index < -0.39 is 17.3 Å². The third-order valence-electron chi connectivity index (χ3n) is 5.18. The summed E-state index contributed by atoms with van der Waals surface area (Å²) < 4.78 is 0. The largest absolute Gasteiger partial charge is 0.390 e. The summed E-state index contributed by atoms with van der Waals surface area (Å²) in [5.74, 6) is 0.